The van der Waals surface area contributed by atoms with Gasteiger partial charge in [-0.15, -0.1) is 0 Å². The molecule has 1 aromatic heterocycles. The second-order valence-electron chi connectivity index (χ2n) is 2.87. The average molecular weight is 175 g/mol. The molecule has 0 unspecified atom stereocenters. The number of hydrogen-bond donors (Lipinski definition) is 1. The van der Waals surface area contributed by atoms with Gasteiger partial charge >= 0.3 is 0 Å². The minimum atomic E-state index is 0.828. The fraction of sp³-hybridized carbons (Fsp3) is 0.100. The number of para-hydroxylation sites is 1. The molecule has 0 aliphatic rings. The maximum absolute atomic E-state index is 5.13. The number of benzene rings is 1. The van der Waals surface area contributed by atoms with E-state index >= 15 is 0 Å². The SMILES string of the molecule is Cc1cc2ccccc2[nH]c1=S. The Morgan fingerprint density at radius 3 is 2.83 bits per heavy atom. The zero-order valence-electron chi connectivity index (χ0n) is 6.79. The van der Waals surface area contributed by atoms with Crippen molar-refractivity contribution in [2.24, 2.45) is 0 Å². The lowest BCUT2D eigenvalue weighted by atomic mass is 10.2. The van der Waals surface area contributed by atoms with Crippen LogP contribution in [0.25, 0.3) is 10.9 Å². The Kier molecular flexibility index (Phi) is 1.70. The first-order valence-electron chi connectivity index (χ1n) is 3.86. The second kappa shape index (κ2) is 2.72. The predicted molar refractivity (Wildman–Crippen MR) is 53.9 cm³/mol. The summed E-state index contributed by atoms with van der Waals surface area (Å²) >= 11 is 5.13. The second-order valence-corrected chi connectivity index (χ2v) is 3.28. The molecule has 1 N–H and O–H groups in total. The number of aromatic nitrogens is 1. The van der Waals surface area contributed by atoms with E-state index in [-0.39, 0.29) is 0 Å². The third kappa shape index (κ3) is 1.14. The molecule has 0 aliphatic heterocycles. The van der Waals surface area contributed by atoms with E-state index < -0.39 is 0 Å². The van der Waals surface area contributed by atoms with Crippen LogP contribution >= 0.6 is 12.2 Å². The van der Waals surface area contributed by atoms with Gasteiger partial charge in [-0.25, -0.2) is 0 Å². The van der Waals surface area contributed by atoms with E-state index in [1.165, 1.54) is 5.39 Å². The molecule has 0 spiro atoms. The van der Waals surface area contributed by atoms with Crippen molar-refractivity contribution >= 4 is 23.1 Å². The van der Waals surface area contributed by atoms with Crippen molar-refractivity contribution in [2.75, 3.05) is 0 Å². The van der Waals surface area contributed by atoms with E-state index in [0.717, 1.165) is 15.7 Å². The van der Waals surface area contributed by atoms with Crippen LogP contribution in [0.2, 0.25) is 0 Å². The maximum atomic E-state index is 5.13. The first-order chi connectivity index (χ1) is 5.77. The molecule has 0 bridgehead atoms. The van der Waals surface area contributed by atoms with Crippen LogP contribution in [0, 0.1) is 11.6 Å². The molecule has 12 heavy (non-hydrogen) atoms. The molecule has 2 heteroatoms. The molecule has 0 saturated carbocycles. The molecule has 0 radical (unpaired) electrons. The van der Waals surface area contributed by atoms with Crippen LogP contribution in [0.1, 0.15) is 5.56 Å². The van der Waals surface area contributed by atoms with Crippen LogP contribution in [0.15, 0.2) is 30.3 Å². The van der Waals surface area contributed by atoms with Crippen LogP contribution in [0.4, 0.5) is 0 Å². The summed E-state index contributed by atoms with van der Waals surface area (Å²) in [5, 5.41) is 1.21. The number of nitrogens with one attached hydrogen (secondary N) is 1. The molecule has 0 atom stereocenters. The third-order valence-corrected chi connectivity index (χ3v) is 2.36. The van der Waals surface area contributed by atoms with E-state index in [1.807, 2.05) is 25.1 Å². The van der Waals surface area contributed by atoms with Gasteiger partial charge in [0.05, 0.1) is 0 Å². The van der Waals surface area contributed by atoms with Gasteiger partial charge in [-0.3, -0.25) is 0 Å². The van der Waals surface area contributed by atoms with Gasteiger partial charge in [0, 0.05) is 5.52 Å². The quantitative estimate of drug-likeness (QED) is 0.608. The molecule has 0 amide bonds. The summed E-state index contributed by atoms with van der Waals surface area (Å²) < 4.78 is 0.828. The summed E-state index contributed by atoms with van der Waals surface area (Å²) in [6.07, 6.45) is 0. The minimum absolute atomic E-state index is 0.828. The van der Waals surface area contributed by atoms with E-state index in [9.17, 15) is 0 Å². The molecule has 2 aromatic rings. The summed E-state index contributed by atoms with van der Waals surface area (Å²) in [5.41, 5.74) is 2.23. The van der Waals surface area contributed by atoms with Crippen LogP contribution in [0.3, 0.4) is 0 Å². The van der Waals surface area contributed by atoms with Gasteiger partial charge in [-0.05, 0) is 30.0 Å². The van der Waals surface area contributed by atoms with Gasteiger partial charge in [0.1, 0.15) is 4.64 Å². The van der Waals surface area contributed by atoms with Crippen molar-refractivity contribution in [1.82, 2.24) is 4.98 Å². The molecule has 1 heterocycles. The largest absolute Gasteiger partial charge is 0.346 e. The monoisotopic (exact) mass is 175 g/mol. The highest BCUT2D eigenvalue weighted by molar-refractivity contribution is 7.71. The Bertz CT molecular complexity index is 470. The van der Waals surface area contributed by atoms with E-state index in [0.29, 0.717) is 0 Å². The normalized spacial score (nSPS) is 10.4. The van der Waals surface area contributed by atoms with Crippen LogP contribution < -0.4 is 0 Å². The zero-order chi connectivity index (χ0) is 8.55. The minimum Gasteiger partial charge on any atom is -0.346 e. The van der Waals surface area contributed by atoms with Crippen LogP contribution in [-0.2, 0) is 0 Å². The number of rotatable bonds is 0. The summed E-state index contributed by atoms with van der Waals surface area (Å²) in [7, 11) is 0. The molecule has 0 fully saturated rings. The predicted octanol–water partition coefficient (Wildman–Crippen LogP) is 3.21. The molecule has 0 aliphatic carbocycles. The highest BCUT2D eigenvalue weighted by Crippen LogP contribution is 2.12. The van der Waals surface area contributed by atoms with Gasteiger partial charge < -0.3 is 4.98 Å². The lowest BCUT2D eigenvalue weighted by molar-refractivity contribution is 1.30. The van der Waals surface area contributed by atoms with Crippen LogP contribution in [-0.4, -0.2) is 4.98 Å². The Morgan fingerprint density at radius 2 is 2.00 bits per heavy atom. The van der Waals surface area contributed by atoms with Crippen molar-refractivity contribution in [3.63, 3.8) is 0 Å². The molecule has 1 aromatic carbocycles. The van der Waals surface area contributed by atoms with Gasteiger partial charge in [-0.1, -0.05) is 30.4 Å². The third-order valence-electron chi connectivity index (χ3n) is 1.94. The van der Waals surface area contributed by atoms with Gasteiger partial charge in [0.25, 0.3) is 0 Å². The van der Waals surface area contributed by atoms with E-state index in [2.05, 4.69) is 17.1 Å². The van der Waals surface area contributed by atoms with Gasteiger partial charge in [-0.2, -0.15) is 0 Å². The number of pyridine rings is 1. The molecule has 0 saturated heterocycles. The Hall–Kier alpha value is -1.15. The standard InChI is InChI=1S/C10H9NS/c1-7-6-8-4-2-3-5-9(8)11-10(7)12/h2-6H,1H3,(H,11,12). The smallest absolute Gasteiger partial charge is 0.106 e. The molecule has 1 nitrogen and oxygen atoms in total. The van der Waals surface area contributed by atoms with Gasteiger partial charge in [0.2, 0.25) is 0 Å². The maximum Gasteiger partial charge on any atom is 0.106 e. The van der Waals surface area contributed by atoms with Crippen molar-refractivity contribution in [2.45, 2.75) is 6.92 Å². The summed E-state index contributed by atoms with van der Waals surface area (Å²) in [4.78, 5) is 3.17. The first kappa shape index (κ1) is 7.50. The summed E-state index contributed by atoms with van der Waals surface area (Å²) in [6.45, 7) is 2.02. The average Bonchev–Trinajstić information content (AvgIpc) is 2.07. The lowest BCUT2D eigenvalue weighted by Crippen LogP contribution is -1.82. The van der Waals surface area contributed by atoms with Crippen molar-refractivity contribution < 1.29 is 0 Å². The Morgan fingerprint density at radius 1 is 1.25 bits per heavy atom. The summed E-state index contributed by atoms with van der Waals surface area (Å²) in [6, 6.07) is 10.2. The molecule has 2 rings (SSSR count). The van der Waals surface area contributed by atoms with Crippen molar-refractivity contribution in [3.8, 4) is 0 Å². The highest BCUT2D eigenvalue weighted by Gasteiger charge is 1.93. The number of hydrogen-bond acceptors (Lipinski definition) is 1. The van der Waals surface area contributed by atoms with E-state index in [1.54, 1.807) is 0 Å². The first-order valence-corrected chi connectivity index (χ1v) is 4.27. The topological polar surface area (TPSA) is 15.8 Å². The Balaban J connectivity index is 2.93. The highest BCUT2D eigenvalue weighted by atomic mass is 32.1. The fourth-order valence-electron chi connectivity index (χ4n) is 1.26. The number of aryl methyl sites for hydroxylation is 1. The van der Waals surface area contributed by atoms with E-state index in [4.69, 9.17) is 12.2 Å². The fourth-order valence-corrected chi connectivity index (χ4v) is 1.43. The van der Waals surface area contributed by atoms with Gasteiger partial charge in [0.15, 0.2) is 0 Å². The summed E-state index contributed by atoms with van der Waals surface area (Å²) in [5.74, 6) is 0. The van der Waals surface area contributed by atoms with Crippen molar-refractivity contribution in [3.05, 3.63) is 40.5 Å². The number of H-pyrrole nitrogens is 1. The van der Waals surface area contributed by atoms with Crippen molar-refractivity contribution in [1.29, 1.82) is 0 Å². The molecule has 60 valence electrons. The Labute approximate surface area is 76.1 Å². The lowest BCUT2D eigenvalue weighted by Gasteiger charge is -1.98. The number of fused-ring (bicyclic) bond motifs is 1. The molecular formula is C10H9NS. The number of aromatic amines is 1. The van der Waals surface area contributed by atoms with Crippen LogP contribution in [0.5, 0.6) is 0 Å². The zero-order valence-corrected chi connectivity index (χ0v) is 7.61. The molecular weight excluding hydrogens is 166 g/mol.